The lowest BCUT2D eigenvalue weighted by atomic mass is 10.1. The first kappa shape index (κ1) is 8.21. The van der Waals surface area contributed by atoms with E-state index in [0.29, 0.717) is 0 Å². The zero-order chi connectivity index (χ0) is 8.55. The smallest absolute Gasteiger partial charge is 0.0487 e. The third-order valence-corrected chi connectivity index (χ3v) is 3.71. The Kier molecular flexibility index (Phi) is 2.16. The van der Waals surface area contributed by atoms with Gasteiger partial charge < -0.3 is 0 Å². The van der Waals surface area contributed by atoms with E-state index in [1.165, 1.54) is 16.0 Å². The molecule has 0 saturated heterocycles. The molecule has 0 spiro atoms. The van der Waals surface area contributed by atoms with E-state index in [4.69, 9.17) is 11.6 Å². The first-order chi connectivity index (χ1) is 5.79. The van der Waals surface area contributed by atoms with Crippen molar-refractivity contribution in [1.82, 2.24) is 0 Å². The number of hydrogen-bond donors (Lipinski definition) is 0. The van der Waals surface area contributed by atoms with E-state index in [2.05, 4.69) is 25.1 Å². The third kappa shape index (κ3) is 1.27. The molecule has 0 saturated carbocycles. The number of benzene rings is 1. The summed E-state index contributed by atoms with van der Waals surface area (Å²) in [5.74, 6) is 1.02. The van der Waals surface area contributed by atoms with Crippen molar-refractivity contribution >= 4 is 28.4 Å². The zero-order valence-corrected chi connectivity index (χ0v) is 8.38. The summed E-state index contributed by atoms with van der Waals surface area (Å²) < 4.78 is 0. The van der Waals surface area contributed by atoms with Crippen LogP contribution in [0.5, 0.6) is 0 Å². The molecule has 0 nitrogen and oxygen atoms in total. The molecule has 1 aromatic carbocycles. The molecule has 0 bridgehead atoms. The van der Waals surface area contributed by atoms with Crippen LogP contribution in [-0.4, -0.2) is 5.75 Å². The second-order valence-electron chi connectivity index (χ2n) is 2.88. The summed E-state index contributed by atoms with van der Waals surface area (Å²) >= 11 is 8.02. The highest BCUT2D eigenvalue weighted by Gasteiger charge is 2.13. The summed E-state index contributed by atoms with van der Waals surface area (Å²) in [6.07, 6.45) is 0. The van der Waals surface area contributed by atoms with Gasteiger partial charge in [0.2, 0.25) is 0 Å². The highest BCUT2D eigenvalue weighted by atomic mass is 35.5. The predicted molar refractivity (Wildman–Crippen MR) is 55.6 cm³/mol. The average molecular weight is 197 g/mol. The van der Waals surface area contributed by atoms with Crippen LogP contribution < -0.4 is 0 Å². The maximum absolute atomic E-state index is 6.16. The summed E-state index contributed by atoms with van der Waals surface area (Å²) in [5.41, 5.74) is 2.47. The van der Waals surface area contributed by atoms with Crippen molar-refractivity contribution in [1.29, 1.82) is 0 Å². The number of thioether (sulfide) groups is 1. The Morgan fingerprint density at radius 3 is 2.92 bits per heavy atom. The van der Waals surface area contributed by atoms with Crippen molar-refractivity contribution in [3.05, 3.63) is 35.4 Å². The first-order valence-corrected chi connectivity index (χ1v) is 5.23. The fourth-order valence-corrected chi connectivity index (χ4v) is 2.64. The van der Waals surface area contributed by atoms with Crippen molar-refractivity contribution in [2.75, 3.05) is 5.75 Å². The van der Waals surface area contributed by atoms with Crippen molar-refractivity contribution in [3.63, 3.8) is 0 Å². The average Bonchev–Trinajstić information content (AvgIpc) is 2.12. The van der Waals surface area contributed by atoms with Crippen LogP contribution in [0.1, 0.15) is 12.5 Å². The van der Waals surface area contributed by atoms with Crippen LogP contribution >= 0.6 is 23.4 Å². The molecule has 0 aliphatic carbocycles. The summed E-state index contributed by atoms with van der Waals surface area (Å²) in [6, 6.07) is 8.28. The Labute approximate surface area is 81.6 Å². The van der Waals surface area contributed by atoms with Crippen molar-refractivity contribution in [2.24, 2.45) is 0 Å². The van der Waals surface area contributed by atoms with Crippen LogP contribution in [0.2, 0.25) is 0 Å². The van der Waals surface area contributed by atoms with E-state index in [9.17, 15) is 0 Å². The van der Waals surface area contributed by atoms with E-state index in [1.807, 2.05) is 17.8 Å². The van der Waals surface area contributed by atoms with Crippen LogP contribution in [0.15, 0.2) is 34.7 Å². The second kappa shape index (κ2) is 3.15. The molecule has 62 valence electrons. The van der Waals surface area contributed by atoms with Crippen LogP contribution in [0.25, 0.3) is 5.03 Å². The van der Waals surface area contributed by atoms with Gasteiger partial charge in [0, 0.05) is 21.2 Å². The molecular weight excluding hydrogens is 188 g/mol. The molecule has 0 N–H and O–H groups in total. The highest BCUT2D eigenvalue weighted by molar-refractivity contribution is 7.99. The molecule has 0 unspecified atom stereocenters. The molecule has 0 atom stereocenters. The molecule has 12 heavy (non-hydrogen) atoms. The van der Waals surface area contributed by atoms with E-state index < -0.39 is 0 Å². The number of fused-ring (bicyclic) bond motifs is 1. The van der Waals surface area contributed by atoms with Gasteiger partial charge in [-0.3, -0.25) is 0 Å². The molecule has 0 radical (unpaired) electrons. The lowest BCUT2D eigenvalue weighted by Crippen LogP contribution is -1.95. The van der Waals surface area contributed by atoms with Crippen molar-refractivity contribution in [2.45, 2.75) is 11.8 Å². The fraction of sp³-hybridized carbons (Fsp3) is 0.200. The fourth-order valence-electron chi connectivity index (χ4n) is 1.25. The summed E-state index contributed by atoms with van der Waals surface area (Å²) in [4.78, 5) is 1.30. The molecule has 2 rings (SSSR count). The van der Waals surface area contributed by atoms with Crippen molar-refractivity contribution < 1.29 is 0 Å². The Morgan fingerprint density at radius 1 is 1.33 bits per heavy atom. The topological polar surface area (TPSA) is 0 Å². The molecule has 1 aromatic rings. The molecule has 0 fully saturated rings. The first-order valence-electron chi connectivity index (χ1n) is 3.86. The normalized spacial score (nSPS) is 16.2. The second-order valence-corrected chi connectivity index (χ2v) is 4.27. The minimum atomic E-state index is 0.935. The van der Waals surface area contributed by atoms with E-state index in [1.54, 1.807) is 0 Å². The van der Waals surface area contributed by atoms with Gasteiger partial charge in [-0.2, -0.15) is 0 Å². The maximum Gasteiger partial charge on any atom is 0.0487 e. The molecule has 0 aromatic heterocycles. The highest BCUT2D eigenvalue weighted by Crippen LogP contribution is 2.38. The molecule has 0 amide bonds. The number of rotatable bonds is 0. The van der Waals surface area contributed by atoms with Gasteiger partial charge in [-0.05, 0) is 18.6 Å². The van der Waals surface area contributed by atoms with Gasteiger partial charge in [-0.25, -0.2) is 0 Å². The minimum Gasteiger partial charge on any atom is -0.121 e. The van der Waals surface area contributed by atoms with E-state index in [-0.39, 0.29) is 0 Å². The number of hydrogen-bond acceptors (Lipinski definition) is 1. The van der Waals surface area contributed by atoms with Gasteiger partial charge in [0.1, 0.15) is 0 Å². The Bertz CT molecular complexity index is 341. The van der Waals surface area contributed by atoms with Gasteiger partial charge in [0.05, 0.1) is 0 Å². The minimum absolute atomic E-state index is 0.935. The standard InChI is InChI=1S/C10H9ClS/c1-7-6-12-9-5-3-2-4-8(9)10(7)11/h2-5H,6H2,1H3. The zero-order valence-electron chi connectivity index (χ0n) is 6.80. The van der Waals surface area contributed by atoms with Gasteiger partial charge in [0.15, 0.2) is 0 Å². The predicted octanol–water partition coefficient (Wildman–Crippen LogP) is 3.76. The third-order valence-electron chi connectivity index (χ3n) is 1.94. The summed E-state index contributed by atoms with van der Waals surface area (Å²) in [6.45, 7) is 2.09. The molecular formula is C10H9ClS. The van der Waals surface area contributed by atoms with Crippen molar-refractivity contribution in [3.8, 4) is 0 Å². The summed E-state index contributed by atoms with van der Waals surface area (Å²) in [5, 5.41) is 0.935. The van der Waals surface area contributed by atoms with E-state index >= 15 is 0 Å². The van der Waals surface area contributed by atoms with Crippen LogP contribution in [0.3, 0.4) is 0 Å². The molecule has 2 heteroatoms. The van der Waals surface area contributed by atoms with Gasteiger partial charge >= 0.3 is 0 Å². The van der Waals surface area contributed by atoms with Gasteiger partial charge in [-0.1, -0.05) is 29.8 Å². The maximum atomic E-state index is 6.16. The van der Waals surface area contributed by atoms with Crippen LogP contribution in [0, 0.1) is 0 Å². The largest absolute Gasteiger partial charge is 0.121 e. The quantitative estimate of drug-likeness (QED) is 0.609. The molecule has 1 heterocycles. The molecule has 1 aliphatic rings. The SMILES string of the molecule is CC1=C(Cl)c2ccccc2SC1. The molecule has 1 aliphatic heterocycles. The Morgan fingerprint density at radius 2 is 2.08 bits per heavy atom. The Balaban J connectivity index is 2.59. The monoisotopic (exact) mass is 196 g/mol. The lowest BCUT2D eigenvalue weighted by molar-refractivity contribution is 1.32. The summed E-state index contributed by atoms with van der Waals surface area (Å²) in [7, 11) is 0. The van der Waals surface area contributed by atoms with Crippen LogP contribution in [0.4, 0.5) is 0 Å². The lowest BCUT2D eigenvalue weighted by Gasteiger charge is -2.16. The van der Waals surface area contributed by atoms with E-state index in [0.717, 1.165) is 10.8 Å². The van der Waals surface area contributed by atoms with Gasteiger partial charge in [-0.15, -0.1) is 11.8 Å². The Hall–Kier alpha value is -0.400. The van der Waals surface area contributed by atoms with Crippen LogP contribution in [-0.2, 0) is 0 Å². The number of halogens is 1. The van der Waals surface area contributed by atoms with Gasteiger partial charge in [0.25, 0.3) is 0 Å².